The Morgan fingerprint density at radius 1 is 0.822 bits per heavy atom. The number of carbonyl (C=O) groups excluding carboxylic acids is 2. The zero-order valence-electron chi connectivity index (χ0n) is 26.6. The Morgan fingerprint density at radius 2 is 1.56 bits per heavy atom. The van der Waals surface area contributed by atoms with Crippen molar-refractivity contribution in [1.82, 2.24) is 24.6 Å². The molecule has 2 heterocycles. The Labute approximate surface area is 272 Å². The van der Waals surface area contributed by atoms with Gasteiger partial charge in [-0.3, -0.25) is 14.2 Å². The Kier molecular flexibility index (Phi) is 11.8. The Morgan fingerprint density at radius 3 is 2.27 bits per heavy atom. The van der Waals surface area contributed by atoms with Crippen LogP contribution in [-0.2, 0) is 17.6 Å². The van der Waals surface area contributed by atoms with Crippen LogP contribution < -0.4 is 0 Å². The number of para-hydroxylation sites is 1. The zero-order chi connectivity index (χ0) is 31.4. The van der Waals surface area contributed by atoms with Crippen LogP contribution in [0.5, 0.6) is 0 Å². The second-order valence-electron chi connectivity index (χ2n) is 11.9. The fourth-order valence-electron chi connectivity index (χ4n) is 5.89. The van der Waals surface area contributed by atoms with Crippen LogP contribution in [0.3, 0.4) is 0 Å². The largest absolute Gasteiger partial charge is 0.339 e. The lowest BCUT2D eigenvalue weighted by Gasteiger charge is -2.40. The summed E-state index contributed by atoms with van der Waals surface area (Å²) in [5.41, 5.74) is 4.24. The molecular formula is C37H45N5O2S. The van der Waals surface area contributed by atoms with E-state index in [0.717, 1.165) is 40.8 Å². The van der Waals surface area contributed by atoms with Crippen LogP contribution in [0.2, 0.25) is 0 Å². The van der Waals surface area contributed by atoms with Gasteiger partial charge >= 0.3 is 0 Å². The first-order valence-electron chi connectivity index (χ1n) is 16.4. The number of nitrogens with zero attached hydrogens (tertiary/aromatic N) is 5. The number of aromatic nitrogens is 3. The molecule has 1 unspecified atom stereocenters. The molecular weight excluding hydrogens is 579 g/mol. The highest BCUT2D eigenvalue weighted by atomic mass is 32.2. The van der Waals surface area contributed by atoms with E-state index < -0.39 is 0 Å². The molecule has 1 atom stereocenters. The molecule has 236 valence electrons. The minimum atomic E-state index is -0.0224. The van der Waals surface area contributed by atoms with Gasteiger partial charge in [0.1, 0.15) is 5.82 Å². The molecule has 0 aliphatic carbocycles. The van der Waals surface area contributed by atoms with Gasteiger partial charge in [0.2, 0.25) is 5.91 Å². The van der Waals surface area contributed by atoms with Crippen molar-refractivity contribution in [2.45, 2.75) is 76.4 Å². The summed E-state index contributed by atoms with van der Waals surface area (Å²) in [6.07, 6.45) is 7.94. The van der Waals surface area contributed by atoms with Crippen LogP contribution in [0.15, 0.2) is 90.1 Å². The van der Waals surface area contributed by atoms with E-state index in [9.17, 15) is 9.59 Å². The molecule has 0 N–H and O–H groups in total. The summed E-state index contributed by atoms with van der Waals surface area (Å²) in [6, 6.07) is 28.6. The molecule has 1 aliphatic rings. The second-order valence-corrected chi connectivity index (χ2v) is 12.9. The van der Waals surface area contributed by atoms with Crippen molar-refractivity contribution in [3.8, 4) is 5.69 Å². The number of hydrogen-bond acceptors (Lipinski definition) is 5. The summed E-state index contributed by atoms with van der Waals surface area (Å²) >= 11 is 1.64. The van der Waals surface area contributed by atoms with E-state index in [2.05, 4.69) is 58.1 Å². The molecule has 0 radical (unpaired) electrons. The molecule has 2 amide bonds. The summed E-state index contributed by atoms with van der Waals surface area (Å²) in [6.45, 7) is 5.96. The van der Waals surface area contributed by atoms with Gasteiger partial charge in [0, 0.05) is 55.5 Å². The fraction of sp³-hybridized carbons (Fsp3) is 0.405. The number of piperazine rings is 1. The average molecular weight is 624 g/mol. The van der Waals surface area contributed by atoms with Crippen molar-refractivity contribution in [2.75, 3.05) is 25.4 Å². The number of carbonyl (C=O) groups is 2. The van der Waals surface area contributed by atoms with Gasteiger partial charge in [0.15, 0.2) is 5.16 Å². The van der Waals surface area contributed by atoms with Gasteiger partial charge in [0.05, 0.1) is 0 Å². The third-order valence-corrected chi connectivity index (χ3v) is 9.46. The van der Waals surface area contributed by atoms with Crippen molar-refractivity contribution in [3.05, 3.63) is 107 Å². The number of unbranched alkanes of at least 4 members (excludes halogenated alkanes) is 3. The van der Waals surface area contributed by atoms with Gasteiger partial charge in [-0.2, -0.15) is 0 Å². The summed E-state index contributed by atoms with van der Waals surface area (Å²) in [5, 5.41) is 9.89. The first-order chi connectivity index (χ1) is 22.0. The number of benzene rings is 3. The van der Waals surface area contributed by atoms with E-state index in [-0.39, 0.29) is 17.9 Å². The van der Waals surface area contributed by atoms with E-state index in [4.69, 9.17) is 0 Å². The minimum Gasteiger partial charge on any atom is -0.339 e. The lowest BCUT2D eigenvalue weighted by molar-refractivity contribution is -0.133. The molecule has 1 aliphatic heterocycles. The Hall–Kier alpha value is -3.91. The summed E-state index contributed by atoms with van der Waals surface area (Å²) < 4.78 is 2.12. The van der Waals surface area contributed by atoms with E-state index in [0.29, 0.717) is 32.5 Å². The van der Waals surface area contributed by atoms with Gasteiger partial charge in [-0.05, 0) is 61.6 Å². The average Bonchev–Trinajstić information content (AvgIpc) is 3.47. The molecule has 4 aromatic rings. The van der Waals surface area contributed by atoms with Gasteiger partial charge in [0.25, 0.3) is 5.91 Å². The lowest BCUT2D eigenvalue weighted by atomic mass is 10.0. The molecule has 1 fully saturated rings. The first kappa shape index (κ1) is 32.5. The smallest absolute Gasteiger partial charge is 0.254 e. The lowest BCUT2D eigenvalue weighted by Crippen LogP contribution is -2.55. The van der Waals surface area contributed by atoms with Crippen molar-refractivity contribution in [2.24, 2.45) is 0 Å². The minimum absolute atomic E-state index is 0.0224. The standard InChI is InChI=1S/C37H45N5O2S/c1-3-4-5-8-14-30-20-22-32(23-21-30)36(44)41-25-24-40(28-29(41)2)35(43)19-13-26-45-37-39-38-34(27-31-15-9-6-10-16-31)42(37)33-17-11-7-12-18-33/h6-7,9-12,15-18,20-23,29H,3-5,8,13-14,19,24-28H2,1-2H3. The van der Waals surface area contributed by atoms with Crippen LogP contribution in [0.25, 0.3) is 5.69 Å². The molecule has 3 aromatic carbocycles. The highest BCUT2D eigenvalue weighted by Gasteiger charge is 2.30. The summed E-state index contributed by atoms with van der Waals surface area (Å²) in [5.74, 6) is 1.87. The van der Waals surface area contributed by atoms with Crippen LogP contribution in [0, 0.1) is 0 Å². The highest BCUT2D eigenvalue weighted by Crippen LogP contribution is 2.25. The quantitative estimate of drug-likeness (QED) is 0.110. The second kappa shape index (κ2) is 16.4. The monoisotopic (exact) mass is 623 g/mol. The number of aryl methyl sites for hydroxylation is 1. The number of rotatable bonds is 14. The molecule has 1 aromatic heterocycles. The van der Waals surface area contributed by atoms with Crippen LogP contribution in [-0.4, -0.2) is 67.8 Å². The van der Waals surface area contributed by atoms with Crippen molar-refractivity contribution >= 4 is 23.6 Å². The topological polar surface area (TPSA) is 71.3 Å². The van der Waals surface area contributed by atoms with Crippen molar-refractivity contribution < 1.29 is 9.59 Å². The maximum Gasteiger partial charge on any atom is 0.254 e. The Bertz CT molecular complexity index is 1510. The van der Waals surface area contributed by atoms with E-state index in [1.54, 1.807) is 11.8 Å². The van der Waals surface area contributed by atoms with E-state index in [1.165, 1.54) is 36.8 Å². The van der Waals surface area contributed by atoms with Crippen LogP contribution in [0.4, 0.5) is 0 Å². The molecule has 45 heavy (non-hydrogen) atoms. The number of thioether (sulfide) groups is 1. The highest BCUT2D eigenvalue weighted by molar-refractivity contribution is 7.99. The molecule has 5 rings (SSSR count). The molecule has 0 bridgehead atoms. The third kappa shape index (κ3) is 8.85. The van der Waals surface area contributed by atoms with Crippen LogP contribution in [0.1, 0.15) is 79.7 Å². The number of amides is 2. The van der Waals surface area contributed by atoms with E-state index in [1.807, 2.05) is 65.3 Å². The predicted octanol–water partition coefficient (Wildman–Crippen LogP) is 7.23. The predicted molar refractivity (Wildman–Crippen MR) is 182 cm³/mol. The van der Waals surface area contributed by atoms with Gasteiger partial charge in [-0.15, -0.1) is 10.2 Å². The normalized spacial score (nSPS) is 14.9. The molecule has 0 saturated carbocycles. The van der Waals surface area contributed by atoms with E-state index >= 15 is 0 Å². The summed E-state index contributed by atoms with van der Waals surface area (Å²) in [7, 11) is 0. The van der Waals surface area contributed by atoms with Crippen molar-refractivity contribution in [3.63, 3.8) is 0 Å². The SMILES string of the molecule is CCCCCCc1ccc(C(=O)N2CCN(C(=O)CCCSc3nnc(Cc4ccccc4)n3-c3ccccc3)CC2C)cc1. The Balaban J connectivity index is 1.10. The maximum absolute atomic E-state index is 13.3. The van der Waals surface area contributed by atoms with Gasteiger partial charge < -0.3 is 9.80 Å². The molecule has 0 spiro atoms. The molecule has 7 nitrogen and oxygen atoms in total. The van der Waals surface area contributed by atoms with Gasteiger partial charge in [-0.1, -0.05) is 98.6 Å². The molecule has 8 heteroatoms. The van der Waals surface area contributed by atoms with Crippen molar-refractivity contribution in [1.29, 1.82) is 0 Å². The summed E-state index contributed by atoms with van der Waals surface area (Å²) in [4.78, 5) is 30.3. The maximum atomic E-state index is 13.3. The van der Waals surface area contributed by atoms with Gasteiger partial charge in [-0.25, -0.2) is 0 Å². The fourth-order valence-corrected chi connectivity index (χ4v) is 6.80. The zero-order valence-corrected chi connectivity index (χ0v) is 27.4. The number of hydrogen-bond donors (Lipinski definition) is 0. The first-order valence-corrected chi connectivity index (χ1v) is 17.4. The van der Waals surface area contributed by atoms with Crippen LogP contribution >= 0.6 is 11.8 Å². The third-order valence-electron chi connectivity index (χ3n) is 8.45. The molecule has 1 saturated heterocycles.